The summed E-state index contributed by atoms with van der Waals surface area (Å²) < 4.78 is 4.48. The van der Waals surface area contributed by atoms with Gasteiger partial charge in [-0.3, -0.25) is 4.79 Å². The van der Waals surface area contributed by atoms with Crippen molar-refractivity contribution in [1.29, 1.82) is 0 Å². The van der Waals surface area contributed by atoms with Crippen LogP contribution in [0.25, 0.3) is 0 Å². The lowest BCUT2D eigenvalue weighted by Gasteiger charge is -2.30. The Labute approximate surface area is 88.2 Å². The van der Waals surface area contributed by atoms with Gasteiger partial charge in [-0.15, -0.1) is 0 Å². The van der Waals surface area contributed by atoms with E-state index in [1.165, 1.54) is 12.0 Å². The topological polar surface area (TPSA) is 78.9 Å². The van der Waals surface area contributed by atoms with Gasteiger partial charge < -0.3 is 20.1 Å². The molecule has 6 heteroatoms. The molecule has 0 aliphatic carbocycles. The third kappa shape index (κ3) is 3.75. The van der Waals surface area contributed by atoms with Crippen molar-refractivity contribution in [3.63, 3.8) is 0 Å². The van der Waals surface area contributed by atoms with Gasteiger partial charge in [0, 0.05) is 19.1 Å². The van der Waals surface area contributed by atoms with Crippen molar-refractivity contribution < 1.29 is 19.4 Å². The summed E-state index contributed by atoms with van der Waals surface area (Å²) in [6, 6.07) is 0.0500. The molecule has 1 amide bonds. The fourth-order valence-electron chi connectivity index (χ4n) is 1.62. The third-order valence-electron chi connectivity index (χ3n) is 2.45. The van der Waals surface area contributed by atoms with Crippen LogP contribution < -0.4 is 5.32 Å². The molecule has 1 aliphatic rings. The van der Waals surface area contributed by atoms with Crippen molar-refractivity contribution in [3.8, 4) is 0 Å². The molecule has 1 atom stereocenters. The fraction of sp³-hybridized carbons (Fsp3) is 0.778. The molecule has 0 aromatic carbocycles. The number of methoxy groups -OCH3 is 1. The second-order valence-electron chi connectivity index (χ2n) is 3.52. The van der Waals surface area contributed by atoms with E-state index in [0.717, 1.165) is 12.8 Å². The summed E-state index contributed by atoms with van der Waals surface area (Å²) in [4.78, 5) is 22.9. The standard InChI is InChI=1S/C9H16N2O4/c1-15-8(12)5-10-7-3-2-4-11(6-7)9(13)14/h7,10H,2-6H2,1H3,(H,13,14). The summed E-state index contributed by atoms with van der Waals surface area (Å²) in [5.74, 6) is -0.331. The first-order valence-corrected chi connectivity index (χ1v) is 4.91. The van der Waals surface area contributed by atoms with Gasteiger partial charge in [-0.25, -0.2) is 4.79 Å². The maximum absolute atomic E-state index is 10.9. The number of amides is 1. The highest BCUT2D eigenvalue weighted by Crippen LogP contribution is 2.09. The number of carboxylic acid groups (broad SMARTS) is 1. The van der Waals surface area contributed by atoms with Gasteiger partial charge in [-0.2, -0.15) is 0 Å². The lowest BCUT2D eigenvalue weighted by molar-refractivity contribution is -0.139. The predicted molar refractivity (Wildman–Crippen MR) is 52.6 cm³/mol. The lowest BCUT2D eigenvalue weighted by atomic mass is 10.1. The van der Waals surface area contributed by atoms with Gasteiger partial charge in [0.1, 0.15) is 0 Å². The number of likely N-dealkylation sites (tertiary alicyclic amines) is 1. The molecule has 0 aromatic rings. The smallest absolute Gasteiger partial charge is 0.407 e. The lowest BCUT2D eigenvalue weighted by Crippen LogP contribution is -2.48. The number of hydrogen-bond acceptors (Lipinski definition) is 4. The summed E-state index contributed by atoms with van der Waals surface area (Å²) in [5.41, 5.74) is 0. The monoisotopic (exact) mass is 216 g/mol. The maximum atomic E-state index is 10.9. The van der Waals surface area contributed by atoms with Crippen LogP contribution in [0, 0.1) is 0 Å². The zero-order valence-electron chi connectivity index (χ0n) is 8.73. The average molecular weight is 216 g/mol. The number of hydrogen-bond donors (Lipinski definition) is 2. The van der Waals surface area contributed by atoms with Crippen LogP contribution in [0.3, 0.4) is 0 Å². The van der Waals surface area contributed by atoms with Crippen LogP contribution in [0.5, 0.6) is 0 Å². The van der Waals surface area contributed by atoms with Crippen molar-refractivity contribution in [2.75, 3.05) is 26.7 Å². The first-order chi connectivity index (χ1) is 7.13. The zero-order chi connectivity index (χ0) is 11.3. The van der Waals surface area contributed by atoms with Crippen molar-refractivity contribution in [1.82, 2.24) is 10.2 Å². The zero-order valence-corrected chi connectivity index (χ0v) is 8.73. The molecule has 0 radical (unpaired) electrons. The molecule has 0 spiro atoms. The Bertz CT molecular complexity index is 244. The van der Waals surface area contributed by atoms with Gasteiger partial charge in [0.2, 0.25) is 0 Å². The van der Waals surface area contributed by atoms with Crippen LogP contribution in [-0.4, -0.2) is 54.9 Å². The number of ether oxygens (including phenoxy) is 1. The van der Waals surface area contributed by atoms with Gasteiger partial charge in [-0.05, 0) is 12.8 Å². The van der Waals surface area contributed by atoms with Crippen LogP contribution >= 0.6 is 0 Å². The molecular weight excluding hydrogens is 200 g/mol. The maximum Gasteiger partial charge on any atom is 0.407 e. The van der Waals surface area contributed by atoms with E-state index in [-0.39, 0.29) is 18.6 Å². The highest BCUT2D eigenvalue weighted by molar-refractivity contribution is 5.71. The molecule has 15 heavy (non-hydrogen) atoms. The van der Waals surface area contributed by atoms with Crippen molar-refractivity contribution in [2.45, 2.75) is 18.9 Å². The minimum absolute atomic E-state index is 0.0500. The third-order valence-corrected chi connectivity index (χ3v) is 2.45. The van der Waals surface area contributed by atoms with Crippen molar-refractivity contribution in [2.24, 2.45) is 0 Å². The number of carbonyl (C=O) groups is 2. The van der Waals surface area contributed by atoms with Crippen LogP contribution in [0.2, 0.25) is 0 Å². The number of nitrogens with one attached hydrogen (secondary N) is 1. The van der Waals surface area contributed by atoms with E-state index in [1.54, 1.807) is 0 Å². The Morgan fingerprint density at radius 2 is 2.33 bits per heavy atom. The highest BCUT2D eigenvalue weighted by atomic mass is 16.5. The minimum atomic E-state index is -0.903. The molecule has 1 heterocycles. The van der Waals surface area contributed by atoms with Crippen LogP contribution in [0.1, 0.15) is 12.8 Å². The Hall–Kier alpha value is -1.30. The molecule has 2 N–H and O–H groups in total. The van der Waals surface area contributed by atoms with Gasteiger partial charge in [0.15, 0.2) is 0 Å². The average Bonchev–Trinajstić information content (AvgIpc) is 2.26. The second kappa shape index (κ2) is 5.55. The molecule has 1 aliphatic heterocycles. The van der Waals surface area contributed by atoms with E-state index in [1.807, 2.05) is 0 Å². The van der Waals surface area contributed by atoms with Crippen LogP contribution in [-0.2, 0) is 9.53 Å². The van der Waals surface area contributed by atoms with Crippen LogP contribution in [0.4, 0.5) is 4.79 Å². The molecular formula is C9H16N2O4. The molecule has 0 bridgehead atoms. The highest BCUT2D eigenvalue weighted by Gasteiger charge is 2.23. The molecule has 1 rings (SSSR count). The molecule has 1 fully saturated rings. The van der Waals surface area contributed by atoms with Crippen molar-refractivity contribution in [3.05, 3.63) is 0 Å². The van der Waals surface area contributed by atoms with E-state index in [2.05, 4.69) is 10.1 Å². The molecule has 86 valence electrons. The van der Waals surface area contributed by atoms with Gasteiger partial charge in [0.25, 0.3) is 0 Å². The number of esters is 1. The number of piperidine rings is 1. The Morgan fingerprint density at radius 3 is 2.93 bits per heavy atom. The van der Waals surface area contributed by atoms with Gasteiger partial charge in [-0.1, -0.05) is 0 Å². The van der Waals surface area contributed by atoms with Gasteiger partial charge >= 0.3 is 12.1 Å². The Balaban J connectivity index is 2.30. The van der Waals surface area contributed by atoms with E-state index in [4.69, 9.17) is 5.11 Å². The SMILES string of the molecule is COC(=O)CNC1CCCN(C(=O)O)C1. The van der Waals surface area contributed by atoms with Crippen LogP contribution in [0.15, 0.2) is 0 Å². The Morgan fingerprint density at radius 1 is 1.60 bits per heavy atom. The summed E-state index contributed by atoms with van der Waals surface area (Å²) in [6.45, 7) is 1.15. The molecule has 0 aromatic heterocycles. The largest absolute Gasteiger partial charge is 0.468 e. The summed E-state index contributed by atoms with van der Waals surface area (Å²) in [6.07, 6.45) is 0.811. The normalized spacial score (nSPS) is 21.1. The quantitative estimate of drug-likeness (QED) is 0.644. The van der Waals surface area contributed by atoms with E-state index < -0.39 is 6.09 Å². The molecule has 6 nitrogen and oxygen atoms in total. The summed E-state index contributed by atoms with van der Waals surface area (Å²) in [7, 11) is 1.33. The Kier molecular flexibility index (Phi) is 4.36. The predicted octanol–water partition coefficient (Wildman–Crippen LogP) is -0.109. The number of rotatable bonds is 3. The van der Waals surface area contributed by atoms with E-state index in [9.17, 15) is 9.59 Å². The first-order valence-electron chi connectivity index (χ1n) is 4.91. The number of nitrogens with zero attached hydrogens (tertiary/aromatic N) is 1. The fourth-order valence-corrected chi connectivity index (χ4v) is 1.62. The summed E-state index contributed by atoms with van der Waals surface area (Å²) >= 11 is 0. The molecule has 1 unspecified atom stereocenters. The van der Waals surface area contributed by atoms with Gasteiger partial charge in [0.05, 0.1) is 13.7 Å². The van der Waals surface area contributed by atoms with E-state index in [0.29, 0.717) is 13.1 Å². The summed E-state index contributed by atoms with van der Waals surface area (Å²) in [5, 5.41) is 11.8. The van der Waals surface area contributed by atoms with E-state index >= 15 is 0 Å². The minimum Gasteiger partial charge on any atom is -0.468 e. The number of carbonyl (C=O) groups excluding carboxylic acids is 1. The van der Waals surface area contributed by atoms with Crippen molar-refractivity contribution >= 4 is 12.1 Å². The second-order valence-corrected chi connectivity index (χ2v) is 3.52. The molecule has 0 saturated carbocycles. The first kappa shape index (κ1) is 11.8. The molecule has 1 saturated heterocycles.